The number of hydrogen-bond donors (Lipinski definition) is 0. The molecule has 2 aliphatic carbocycles. The fourth-order valence-electron chi connectivity index (χ4n) is 5.94. The third-order valence-electron chi connectivity index (χ3n) is 7.18. The van der Waals surface area contributed by atoms with E-state index in [1.165, 1.54) is 30.4 Å². The Hall–Kier alpha value is -1.25. The Labute approximate surface area is 139 Å². The van der Waals surface area contributed by atoms with Crippen LogP contribution >= 0.6 is 0 Å². The van der Waals surface area contributed by atoms with Gasteiger partial charge in [0.25, 0.3) is 6.29 Å². The molecule has 0 bridgehead atoms. The van der Waals surface area contributed by atoms with Crippen molar-refractivity contribution in [2.24, 2.45) is 28.6 Å². The lowest BCUT2D eigenvalue weighted by molar-refractivity contribution is -0.154. The predicted octanol–water partition coefficient (Wildman–Crippen LogP) is 4.59. The van der Waals surface area contributed by atoms with Crippen molar-refractivity contribution in [1.82, 2.24) is 0 Å². The van der Waals surface area contributed by atoms with Crippen molar-refractivity contribution in [2.75, 3.05) is 0 Å². The van der Waals surface area contributed by atoms with Gasteiger partial charge in [0.05, 0.1) is 18.6 Å². The topological polar surface area (TPSA) is 35.5 Å². The minimum absolute atomic E-state index is 0.0662. The van der Waals surface area contributed by atoms with E-state index in [9.17, 15) is 4.79 Å². The Morgan fingerprint density at radius 1 is 1.26 bits per heavy atom. The Kier molecular flexibility index (Phi) is 3.24. The fourth-order valence-corrected chi connectivity index (χ4v) is 5.94. The second-order valence-corrected chi connectivity index (χ2v) is 8.92. The van der Waals surface area contributed by atoms with E-state index in [0.717, 1.165) is 12.8 Å². The quantitative estimate of drug-likeness (QED) is 0.524. The van der Waals surface area contributed by atoms with E-state index >= 15 is 0 Å². The molecule has 3 fully saturated rings. The summed E-state index contributed by atoms with van der Waals surface area (Å²) in [6.45, 7) is 11.7. The van der Waals surface area contributed by atoms with Crippen molar-refractivity contribution in [3.05, 3.63) is 24.0 Å². The molecule has 0 N–H and O–H groups in total. The smallest absolute Gasteiger partial charge is 0.309 e. The number of hydrogen-bond acceptors (Lipinski definition) is 3. The van der Waals surface area contributed by atoms with Crippen LogP contribution in [0.2, 0.25) is 0 Å². The average molecular weight is 316 g/mol. The van der Waals surface area contributed by atoms with Gasteiger partial charge in [0, 0.05) is 0 Å². The van der Waals surface area contributed by atoms with Gasteiger partial charge in [-0.2, -0.15) is 0 Å². The molecular formula is C20H28O3. The number of esters is 1. The lowest BCUT2D eigenvalue weighted by Crippen LogP contribution is -2.35. The van der Waals surface area contributed by atoms with Gasteiger partial charge in [0.1, 0.15) is 0 Å². The van der Waals surface area contributed by atoms with Crippen LogP contribution in [0.5, 0.6) is 0 Å². The third-order valence-corrected chi connectivity index (χ3v) is 7.18. The molecule has 0 amide bonds. The monoisotopic (exact) mass is 316 g/mol. The summed E-state index contributed by atoms with van der Waals surface area (Å²) in [7, 11) is 0. The van der Waals surface area contributed by atoms with E-state index in [2.05, 4.69) is 27.4 Å². The van der Waals surface area contributed by atoms with Gasteiger partial charge >= 0.3 is 5.97 Å². The van der Waals surface area contributed by atoms with E-state index in [0.29, 0.717) is 23.7 Å². The Morgan fingerprint density at radius 2 is 2.04 bits per heavy atom. The highest BCUT2D eigenvalue weighted by atomic mass is 16.7. The molecule has 0 aromatic carbocycles. The van der Waals surface area contributed by atoms with E-state index in [1.54, 1.807) is 0 Å². The minimum Gasteiger partial charge on any atom is -0.462 e. The SMILES string of the molecule is C=C1CCCC(C)(C)C2CCC(C)(C3=COC4OC(=O)CC34)C12. The first-order valence-electron chi connectivity index (χ1n) is 9.06. The second kappa shape index (κ2) is 4.87. The van der Waals surface area contributed by atoms with Crippen LogP contribution in [0.15, 0.2) is 24.0 Å². The number of rotatable bonds is 1. The number of carbonyl (C=O) groups is 1. The van der Waals surface area contributed by atoms with Crippen LogP contribution in [-0.2, 0) is 14.3 Å². The van der Waals surface area contributed by atoms with Crippen LogP contribution in [0, 0.1) is 28.6 Å². The first-order valence-corrected chi connectivity index (χ1v) is 9.06. The summed E-state index contributed by atoms with van der Waals surface area (Å²) < 4.78 is 11.0. The average Bonchev–Trinajstić information content (AvgIpc) is 3.08. The molecule has 5 atom stereocenters. The third kappa shape index (κ3) is 2.11. The molecule has 4 aliphatic rings. The number of ether oxygens (including phenoxy) is 2. The normalized spacial score (nSPS) is 44.9. The summed E-state index contributed by atoms with van der Waals surface area (Å²) in [4.78, 5) is 11.7. The first kappa shape index (κ1) is 15.3. The van der Waals surface area contributed by atoms with Gasteiger partial charge in [-0.1, -0.05) is 32.9 Å². The molecule has 126 valence electrons. The van der Waals surface area contributed by atoms with Crippen molar-refractivity contribution in [2.45, 2.75) is 65.6 Å². The van der Waals surface area contributed by atoms with Crippen LogP contribution in [0.25, 0.3) is 0 Å². The minimum atomic E-state index is -0.375. The highest BCUT2D eigenvalue weighted by Crippen LogP contribution is 2.64. The summed E-state index contributed by atoms with van der Waals surface area (Å²) in [5.74, 6) is 1.18. The van der Waals surface area contributed by atoms with E-state index in [1.807, 2.05) is 6.26 Å². The number of carbonyl (C=O) groups excluding carboxylic acids is 1. The van der Waals surface area contributed by atoms with Gasteiger partial charge in [-0.3, -0.25) is 4.79 Å². The molecule has 0 aromatic heterocycles. The summed E-state index contributed by atoms with van der Waals surface area (Å²) >= 11 is 0. The molecule has 3 nitrogen and oxygen atoms in total. The summed E-state index contributed by atoms with van der Waals surface area (Å²) in [6.07, 6.45) is 8.09. The Bertz CT molecular complexity index is 588. The van der Waals surface area contributed by atoms with Crippen LogP contribution < -0.4 is 0 Å². The summed E-state index contributed by atoms with van der Waals surface area (Å²) in [5.41, 5.74) is 3.15. The largest absolute Gasteiger partial charge is 0.462 e. The molecule has 2 aliphatic heterocycles. The van der Waals surface area contributed by atoms with Crippen LogP contribution in [0.1, 0.15) is 59.3 Å². The van der Waals surface area contributed by atoms with Crippen LogP contribution in [0.3, 0.4) is 0 Å². The van der Waals surface area contributed by atoms with Crippen molar-refractivity contribution >= 4 is 5.97 Å². The van der Waals surface area contributed by atoms with Crippen LogP contribution in [-0.4, -0.2) is 12.3 Å². The van der Waals surface area contributed by atoms with E-state index in [4.69, 9.17) is 9.47 Å². The van der Waals surface area contributed by atoms with Gasteiger partial charge in [-0.15, -0.1) is 0 Å². The van der Waals surface area contributed by atoms with Gasteiger partial charge in [-0.25, -0.2) is 0 Å². The maximum absolute atomic E-state index is 11.7. The van der Waals surface area contributed by atoms with Crippen molar-refractivity contribution in [3.63, 3.8) is 0 Å². The standard InChI is InChI=1S/C20H28O3/c1-12-6-5-8-19(2,3)14-7-9-20(4,17(12)14)15-11-22-18-13(15)10-16(21)23-18/h11,13-14,17-18H,1,5-10H2,2-4H3. The van der Waals surface area contributed by atoms with Crippen molar-refractivity contribution in [3.8, 4) is 0 Å². The van der Waals surface area contributed by atoms with Gasteiger partial charge in [0.2, 0.25) is 0 Å². The maximum atomic E-state index is 11.7. The molecule has 1 saturated heterocycles. The molecule has 3 heteroatoms. The molecule has 5 unspecified atom stereocenters. The predicted molar refractivity (Wildman–Crippen MR) is 88.2 cm³/mol. The zero-order chi connectivity index (χ0) is 16.4. The highest BCUT2D eigenvalue weighted by molar-refractivity contribution is 5.73. The molecule has 4 rings (SSSR count). The molecule has 0 aromatic rings. The number of allylic oxidation sites excluding steroid dienone is 1. The molecular weight excluding hydrogens is 288 g/mol. The van der Waals surface area contributed by atoms with Gasteiger partial charge < -0.3 is 9.47 Å². The Morgan fingerprint density at radius 3 is 2.83 bits per heavy atom. The van der Waals surface area contributed by atoms with Gasteiger partial charge in [-0.05, 0) is 60.3 Å². The zero-order valence-electron chi connectivity index (χ0n) is 14.6. The molecule has 0 radical (unpaired) electrons. The Balaban J connectivity index is 1.71. The van der Waals surface area contributed by atoms with Crippen molar-refractivity contribution < 1.29 is 14.3 Å². The highest BCUT2D eigenvalue weighted by Gasteiger charge is 2.58. The summed E-state index contributed by atoms with van der Waals surface area (Å²) in [5, 5.41) is 0. The van der Waals surface area contributed by atoms with E-state index in [-0.39, 0.29) is 23.6 Å². The van der Waals surface area contributed by atoms with Gasteiger partial charge in [0.15, 0.2) is 0 Å². The molecule has 2 heterocycles. The molecule has 23 heavy (non-hydrogen) atoms. The van der Waals surface area contributed by atoms with E-state index < -0.39 is 0 Å². The second-order valence-electron chi connectivity index (χ2n) is 8.92. The maximum Gasteiger partial charge on any atom is 0.309 e. The lowest BCUT2D eigenvalue weighted by atomic mass is 9.62. The zero-order valence-corrected chi connectivity index (χ0v) is 14.6. The lowest BCUT2D eigenvalue weighted by Gasteiger charge is -2.41. The molecule has 0 spiro atoms. The van der Waals surface area contributed by atoms with Crippen molar-refractivity contribution in [1.29, 1.82) is 0 Å². The summed E-state index contributed by atoms with van der Waals surface area (Å²) in [6, 6.07) is 0. The van der Waals surface area contributed by atoms with Crippen LogP contribution in [0.4, 0.5) is 0 Å². The molecule has 2 saturated carbocycles. The fraction of sp³-hybridized carbons (Fsp3) is 0.750. The number of fused-ring (bicyclic) bond motifs is 2. The first-order chi connectivity index (χ1) is 10.8.